The Morgan fingerprint density at radius 3 is 1.63 bits per heavy atom. The van der Waals surface area contributed by atoms with E-state index in [-0.39, 0.29) is 86.1 Å². The minimum Gasteiger partial charge on any atom is -1.00 e. The van der Waals surface area contributed by atoms with Crippen molar-refractivity contribution in [3.8, 4) is 11.5 Å². The van der Waals surface area contributed by atoms with Crippen LogP contribution in [0.15, 0.2) is 36.4 Å². The van der Waals surface area contributed by atoms with E-state index in [4.69, 9.17) is 28.5 Å². The molecule has 0 radical (unpaired) electrons. The van der Waals surface area contributed by atoms with Gasteiger partial charge >= 0.3 is 35.2 Å². The third kappa shape index (κ3) is 22.6. The molecule has 0 aliphatic carbocycles. The maximum Gasteiger partial charge on any atom is 2.00 e. The molecule has 3 saturated heterocycles. The molecule has 2 aromatic carbocycles. The average Bonchev–Trinajstić information content (AvgIpc) is 3.94. The molecule has 2 aromatic rings. The number of halogens is 1. The van der Waals surface area contributed by atoms with Gasteiger partial charge in [-0.1, -0.05) is 20.4 Å². The first kappa shape index (κ1) is 64.2. The standard InChI is InChI=1S/C18H25NO4.C12H22N2O4.C8H9O.C4H8O.CH4.BrH.Mg.2H2S/c1-12-8-9-13(15(11-12)22-5)16(20)14-7-6-10-19(14)17(21)23-18(2,3)4;1-12(2,3)18-11(16)14-8-6-7-9(14)10(15)13(4)17-5;1-7-4-3-5-8(6-7)9-2;1-2-4-5-3-1;;;;;/h8-9,11,14H,6-7,10H2,1-5H3;9H,6-8H2,1-5H3;3-4,6H,1-2H3;1-4H2;1H4;1H;;2*1H2/q;;-1;;;;+2;;/p-1/t14-;9-;;;;;;;/m00......./s1. The van der Waals surface area contributed by atoms with Gasteiger partial charge in [-0.3, -0.25) is 24.2 Å². The summed E-state index contributed by atoms with van der Waals surface area (Å²) in [6, 6.07) is 13.2. The first-order valence-electron chi connectivity index (χ1n) is 18.9. The molecule has 0 bridgehead atoms. The van der Waals surface area contributed by atoms with E-state index >= 15 is 0 Å². The molecule has 0 N–H and O–H groups in total. The van der Waals surface area contributed by atoms with Crippen LogP contribution in [0.5, 0.6) is 11.5 Å². The zero-order valence-electron chi connectivity index (χ0n) is 37.2. The topological polar surface area (TPSA) is 133 Å². The maximum atomic E-state index is 12.9. The molecule has 2 atom stereocenters. The number of methoxy groups -OCH3 is 2. The van der Waals surface area contributed by atoms with Gasteiger partial charge in [-0.15, -0.1) is 12.1 Å². The van der Waals surface area contributed by atoms with Gasteiger partial charge in [0.15, 0.2) is 5.78 Å². The number of likely N-dealkylation sites (tertiary alicyclic amines) is 2. The number of nitrogens with zero attached hydrogens (tertiary/aromatic N) is 3. The van der Waals surface area contributed by atoms with Gasteiger partial charge < -0.3 is 40.7 Å². The summed E-state index contributed by atoms with van der Waals surface area (Å²) >= 11 is 0. The van der Waals surface area contributed by atoms with Gasteiger partial charge in [0.05, 0.1) is 32.9 Å². The second-order valence-corrected chi connectivity index (χ2v) is 15.5. The predicted molar refractivity (Wildman–Crippen MR) is 244 cm³/mol. The number of rotatable bonds is 6. The van der Waals surface area contributed by atoms with Crippen LogP contribution in [-0.4, -0.2) is 140 Å². The first-order valence-corrected chi connectivity index (χ1v) is 18.9. The molecule has 3 heterocycles. The molecule has 0 unspecified atom stereocenters. The molecule has 13 nitrogen and oxygen atoms in total. The number of aryl methyl sites for hydroxylation is 2. The van der Waals surface area contributed by atoms with Crippen molar-refractivity contribution < 1.29 is 64.7 Å². The van der Waals surface area contributed by atoms with Crippen molar-refractivity contribution in [2.24, 2.45) is 0 Å². The van der Waals surface area contributed by atoms with Gasteiger partial charge in [-0.2, -0.15) is 44.7 Å². The van der Waals surface area contributed by atoms with Crippen molar-refractivity contribution in [3.63, 3.8) is 0 Å². The van der Waals surface area contributed by atoms with Gasteiger partial charge in [0, 0.05) is 39.1 Å². The van der Waals surface area contributed by atoms with Crippen molar-refractivity contribution >= 4 is 73.9 Å². The van der Waals surface area contributed by atoms with Crippen molar-refractivity contribution in [2.75, 3.05) is 54.7 Å². The normalized spacial score (nSPS) is 16.2. The number of amides is 3. The van der Waals surface area contributed by atoms with Crippen LogP contribution in [0.25, 0.3) is 0 Å². The molecule has 3 aliphatic heterocycles. The monoisotopic (exact) mass is 957 g/mol. The van der Waals surface area contributed by atoms with Crippen LogP contribution in [0.4, 0.5) is 9.59 Å². The fraction of sp³-hybridized carbons (Fsp3) is 0.628. The second kappa shape index (κ2) is 31.4. The molecule has 3 aliphatic rings. The SMILES string of the molecule is C.C1CCOC1.CON(C)C(=O)[C@@H]1CCCN1C(=O)OC(C)(C)C.COc1[c-]ccc(C)c1.COc1cc(C)ccc1C(=O)[C@@H]1CCCN1C(=O)OC(C)(C)C.S.S.[Br-].[Mg+2]. The summed E-state index contributed by atoms with van der Waals surface area (Å²) in [7, 11) is 6.15. The number of carbonyl (C=O) groups is 4. The largest absolute Gasteiger partial charge is 2.00 e. The number of benzene rings is 2. The Hall–Kier alpha value is -2.41. The molecule has 5 rings (SSSR count). The van der Waals surface area contributed by atoms with E-state index in [2.05, 4.69) is 6.07 Å². The Labute approximate surface area is 401 Å². The molecule has 0 saturated carbocycles. The van der Waals surface area contributed by atoms with Crippen LogP contribution in [0, 0.1) is 19.9 Å². The number of carbonyl (C=O) groups excluding carboxylic acids is 4. The van der Waals surface area contributed by atoms with Crippen LogP contribution < -0.4 is 26.5 Å². The zero-order chi connectivity index (χ0) is 41.3. The van der Waals surface area contributed by atoms with Crippen LogP contribution >= 0.6 is 27.0 Å². The Balaban J connectivity index is -0.000000376. The quantitative estimate of drug-likeness (QED) is 0.167. The third-order valence-corrected chi connectivity index (χ3v) is 8.53. The minimum atomic E-state index is -0.575. The van der Waals surface area contributed by atoms with E-state index in [0.29, 0.717) is 37.2 Å². The first-order chi connectivity index (χ1) is 25.8. The average molecular weight is 959 g/mol. The molecule has 60 heavy (non-hydrogen) atoms. The number of ketones is 1. The molecule has 0 aromatic heterocycles. The molecule has 3 fully saturated rings. The number of hydrogen-bond acceptors (Lipinski definition) is 10. The van der Waals surface area contributed by atoms with Gasteiger partial charge in [-0.25, -0.2) is 14.7 Å². The number of ether oxygens (including phenoxy) is 5. The smallest absolute Gasteiger partial charge is 1.00 e. The summed E-state index contributed by atoms with van der Waals surface area (Å²) in [6.45, 7) is 17.9. The number of hydroxylamine groups is 2. The van der Waals surface area contributed by atoms with E-state index in [9.17, 15) is 19.2 Å². The summed E-state index contributed by atoms with van der Waals surface area (Å²) in [4.78, 5) is 57.1. The van der Waals surface area contributed by atoms with Gasteiger partial charge in [0.25, 0.3) is 5.91 Å². The molecule has 3 amide bonds. The second-order valence-electron chi connectivity index (χ2n) is 15.5. The Bertz CT molecular complexity index is 1550. The van der Waals surface area contributed by atoms with Gasteiger partial charge in [0.1, 0.15) is 23.0 Å². The molecule has 340 valence electrons. The van der Waals surface area contributed by atoms with E-state index in [0.717, 1.165) is 42.4 Å². The molecule has 0 spiro atoms. The summed E-state index contributed by atoms with van der Waals surface area (Å²) < 4.78 is 25.9. The van der Waals surface area contributed by atoms with Crippen molar-refractivity contribution in [3.05, 3.63) is 59.2 Å². The number of hydrogen-bond donors (Lipinski definition) is 0. The predicted octanol–water partition coefficient (Wildman–Crippen LogP) is 5.08. The summed E-state index contributed by atoms with van der Waals surface area (Å²) in [5.41, 5.74) is 1.60. The van der Waals surface area contributed by atoms with Gasteiger partial charge in [0.2, 0.25) is 0 Å². The Morgan fingerprint density at radius 1 is 0.750 bits per heavy atom. The number of Topliss-reactive ketones (excluding diaryl/α,β-unsaturated/α-hetero) is 1. The third-order valence-electron chi connectivity index (χ3n) is 8.53. The van der Waals surface area contributed by atoms with E-state index in [1.807, 2.05) is 65.0 Å². The van der Waals surface area contributed by atoms with E-state index in [1.54, 1.807) is 41.1 Å². The number of likely N-dealkylation sites (N-methyl/N-ethyl adjacent to an activating group) is 1. The Morgan fingerprint density at radius 2 is 1.23 bits per heavy atom. The van der Waals surface area contributed by atoms with Crippen LogP contribution in [0.3, 0.4) is 0 Å². The van der Waals surface area contributed by atoms with E-state index in [1.165, 1.54) is 42.4 Å². The van der Waals surface area contributed by atoms with Gasteiger partial charge in [-0.05, 0) is 105 Å². The summed E-state index contributed by atoms with van der Waals surface area (Å²) in [5, 5.41) is 1.15. The van der Waals surface area contributed by atoms with Crippen LogP contribution in [0.1, 0.15) is 109 Å². The maximum absolute atomic E-state index is 12.9. The molecule has 17 heteroatoms. The molecular formula is C43H72BrMgN3O10S2. The van der Waals surface area contributed by atoms with Crippen molar-refractivity contribution in [2.45, 2.75) is 125 Å². The van der Waals surface area contributed by atoms with E-state index < -0.39 is 35.5 Å². The van der Waals surface area contributed by atoms with Crippen molar-refractivity contribution in [1.82, 2.24) is 14.9 Å². The summed E-state index contributed by atoms with van der Waals surface area (Å²) in [5.74, 6) is 1.03. The Kier molecular flexibility index (Phi) is 33.6. The fourth-order valence-corrected chi connectivity index (χ4v) is 5.80. The van der Waals surface area contributed by atoms with Crippen molar-refractivity contribution in [1.29, 1.82) is 0 Å². The van der Waals surface area contributed by atoms with Crippen LogP contribution in [-0.2, 0) is 23.8 Å². The summed E-state index contributed by atoms with van der Waals surface area (Å²) in [6.07, 6.45) is 4.57. The minimum absolute atomic E-state index is 0. The van der Waals surface area contributed by atoms with Crippen LogP contribution in [0.2, 0.25) is 0 Å². The zero-order valence-corrected chi connectivity index (χ0v) is 42.2. The fourth-order valence-electron chi connectivity index (χ4n) is 5.80. The molecular weight excluding hydrogens is 887 g/mol.